The smallest absolute Gasteiger partial charge is 0.253 e. The van der Waals surface area contributed by atoms with E-state index in [0.717, 1.165) is 29.7 Å². The predicted molar refractivity (Wildman–Crippen MR) is 96.5 cm³/mol. The van der Waals surface area contributed by atoms with Gasteiger partial charge in [-0.2, -0.15) is 0 Å². The van der Waals surface area contributed by atoms with E-state index in [2.05, 4.69) is 10.3 Å². The van der Waals surface area contributed by atoms with E-state index in [0.29, 0.717) is 18.1 Å². The molecular weight excluding hydrogens is 314 g/mol. The van der Waals surface area contributed by atoms with Crippen LogP contribution in [0.2, 0.25) is 0 Å². The number of ether oxygens (including phenoxy) is 1. The van der Waals surface area contributed by atoms with Gasteiger partial charge in [0.1, 0.15) is 5.65 Å². The summed E-state index contributed by atoms with van der Waals surface area (Å²) in [7, 11) is 1.70. The van der Waals surface area contributed by atoms with Gasteiger partial charge in [-0.3, -0.25) is 4.79 Å². The molecule has 1 saturated carbocycles. The van der Waals surface area contributed by atoms with E-state index in [-0.39, 0.29) is 11.9 Å². The summed E-state index contributed by atoms with van der Waals surface area (Å²) >= 11 is 0. The Bertz CT molecular complexity index is 888. The number of fused-ring (bicyclic) bond motifs is 1. The fourth-order valence-corrected chi connectivity index (χ4v) is 3.30. The number of pyridine rings is 1. The highest BCUT2D eigenvalue weighted by Crippen LogP contribution is 2.28. The van der Waals surface area contributed by atoms with E-state index in [1.807, 2.05) is 59.3 Å². The molecule has 0 radical (unpaired) electrons. The van der Waals surface area contributed by atoms with Crippen molar-refractivity contribution in [1.29, 1.82) is 0 Å². The maximum atomic E-state index is 12.5. The highest BCUT2D eigenvalue weighted by Gasteiger charge is 2.32. The van der Waals surface area contributed by atoms with Crippen LogP contribution in [0.4, 0.5) is 0 Å². The molecule has 1 aliphatic carbocycles. The Morgan fingerprint density at radius 1 is 1.20 bits per heavy atom. The number of methoxy groups -OCH3 is 1. The van der Waals surface area contributed by atoms with Crippen LogP contribution >= 0.6 is 0 Å². The number of nitrogens with one attached hydrogen (secondary N) is 1. The largest absolute Gasteiger partial charge is 0.384 e. The molecule has 4 rings (SSSR count). The molecule has 25 heavy (non-hydrogen) atoms. The number of rotatable bonds is 5. The number of carbonyl (C=O) groups excluding carboxylic acids is 1. The van der Waals surface area contributed by atoms with Gasteiger partial charge >= 0.3 is 0 Å². The summed E-state index contributed by atoms with van der Waals surface area (Å²) in [6.45, 7) is 0.700. The first-order valence-corrected chi connectivity index (χ1v) is 8.58. The maximum Gasteiger partial charge on any atom is 0.253 e. The lowest BCUT2D eigenvalue weighted by atomic mass is 9.80. The van der Waals surface area contributed by atoms with Crippen molar-refractivity contribution < 1.29 is 9.53 Å². The molecule has 3 aromatic rings. The molecule has 1 aromatic carbocycles. The molecule has 0 saturated heterocycles. The lowest BCUT2D eigenvalue weighted by Gasteiger charge is -2.36. The Morgan fingerprint density at radius 2 is 2.04 bits per heavy atom. The zero-order valence-corrected chi connectivity index (χ0v) is 14.2. The summed E-state index contributed by atoms with van der Waals surface area (Å²) in [6.07, 6.45) is 5.93. The van der Waals surface area contributed by atoms with Crippen molar-refractivity contribution in [2.75, 3.05) is 13.7 Å². The highest BCUT2D eigenvalue weighted by atomic mass is 16.5. The Morgan fingerprint density at radius 3 is 2.76 bits per heavy atom. The van der Waals surface area contributed by atoms with Crippen molar-refractivity contribution in [2.45, 2.75) is 18.9 Å². The molecule has 1 N–H and O–H groups in total. The molecule has 0 aliphatic heterocycles. The van der Waals surface area contributed by atoms with Crippen molar-refractivity contribution in [1.82, 2.24) is 14.7 Å². The number of aromatic nitrogens is 2. The number of hydrogen-bond acceptors (Lipinski definition) is 3. The number of imidazole rings is 1. The van der Waals surface area contributed by atoms with Crippen LogP contribution in [-0.4, -0.2) is 35.1 Å². The molecule has 0 bridgehead atoms. The molecule has 1 fully saturated rings. The lowest BCUT2D eigenvalue weighted by Crippen LogP contribution is -2.48. The Balaban J connectivity index is 1.54. The van der Waals surface area contributed by atoms with Crippen LogP contribution < -0.4 is 5.32 Å². The second kappa shape index (κ2) is 6.69. The molecule has 2 atom stereocenters. The normalized spacial score (nSPS) is 19.6. The summed E-state index contributed by atoms with van der Waals surface area (Å²) in [5.74, 6) is 0.387. The molecule has 0 unspecified atom stereocenters. The van der Waals surface area contributed by atoms with Crippen molar-refractivity contribution in [3.8, 4) is 11.3 Å². The lowest BCUT2D eigenvalue weighted by molar-refractivity contribution is 0.0670. The van der Waals surface area contributed by atoms with E-state index < -0.39 is 0 Å². The molecule has 1 aliphatic rings. The quantitative estimate of drug-likeness (QED) is 0.779. The zero-order chi connectivity index (χ0) is 17.2. The minimum Gasteiger partial charge on any atom is -0.384 e. The molecule has 5 nitrogen and oxygen atoms in total. The summed E-state index contributed by atoms with van der Waals surface area (Å²) in [5.41, 5.74) is 3.44. The van der Waals surface area contributed by atoms with Gasteiger partial charge in [-0.15, -0.1) is 0 Å². The predicted octanol–water partition coefficient (Wildman–Crippen LogP) is 3.16. The summed E-state index contributed by atoms with van der Waals surface area (Å²) in [5, 5.41) is 3.12. The molecule has 5 heteroatoms. The highest BCUT2D eigenvalue weighted by molar-refractivity contribution is 5.94. The van der Waals surface area contributed by atoms with E-state index in [1.165, 1.54) is 0 Å². The standard InChI is InChI=1S/C20H21N3O2/c1-25-13-16-7-9-17(16)22-20(24)15-8-10-19-21-18(12-23(19)11-15)14-5-3-2-4-6-14/h2-6,8,10-12,16-17H,7,9,13H2,1H3,(H,22,24)/t16-,17-/m0/s1. The first-order chi connectivity index (χ1) is 12.2. The maximum absolute atomic E-state index is 12.5. The van der Waals surface area contributed by atoms with Crippen LogP contribution in [0.5, 0.6) is 0 Å². The summed E-state index contributed by atoms with van der Waals surface area (Å²) in [4.78, 5) is 17.2. The van der Waals surface area contributed by atoms with Gasteiger partial charge in [0.15, 0.2) is 0 Å². The van der Waals surface area contributed by atoms with E-state index in [1.54, 1.807) is 7.11 Å². The third-order valence-electron chi connectivity index (χ3n) is 4.90. The van der Waals surface area contributed by atoms with Crippen LogP contribution in [-0.2, 0) is 4.74 Å². The molecule has 128 valence electrons. The Kier molecular flexibility index (Phi) is 4.24. The topological polar surface area (TPSA) is 55.6 Å². The first kappa shape index (κ1) is 15.8. The molecule has 1 amide bonds. The van der Waals surface area contributed by atoms with Crippen LogP contribution in [0.25, 0.3) is 16.9 Å². The van der Waals surface area contributed by atoms with Crippen LogP contribution in [0.1, 0.15) is 23.2 Å². The minimum absolute atomic E-state index is 0.0392. The fraction of sp³-hybridized carbons (Fsp3) is 0.300. The first-order valence-electron chi connectivity index (χ1n) is 8.58. The van der Waals surface area contributed by atoms with Gasteiger partial charge in [0.05, 0.1) is 17.9 Å². The van der Waals surface area contributed by atoms with Crippen LogP contribution in [0, 0.1) is 5.92 Å². The summed E-state index contributed by atoms with van der Waals surface area (Å²) < 4.78 is 7.11. The van der Waals surface area contributed by atoms with Gasteiger partial charge in [0, 0.05) is 37.0 Å². The number of carbonyl (C=O) groups is 1. The SMILES string of the molecule is COC[C@@H]1CC[C@@H]1NC(=O)c1ccc2nc(-c3ccccc3)cn2c1. The van der Waals surface area contributed by atoms with E-state index in [4.69, 9.17) is 4.74 Å². The summed E-state index contributed by atoms with van der Waals surface area (Å²) in [6, 6.07) is 14.0. The minimum atomic E-state index is -0.0392. The van der Waals surface area contributed by atoms with E-state index >= 15 is 0 Å². The molecule has 2 aromatic heterocycles. The number of amides is 1. The average Bonchev–Trinajstić information content (AvgIpc) is 3.07. The second-order valence-electron chi connectivity index (χ2n) is 6.55. The third-order valence-corrected chi connectivity index (χ3v) is 4.90. The monoisotopic (exact) mass is 335 g/mol. The number of benzene rings is 1. The van der Waals surface area contributed by atoms with Crippen LogP contribution in [0.15, 0.2) is 54.9 Å². The van der Waals surface area contributed by atoms with Crippen molar-refractivity contribution in [3.63, 3.8) is 0 Å². The van der Waals surface area contributed by atoms with Gasteiger partial charge in [0.2, 0.25) is 0 Å². The van der Waals surface area contributed by atoms with Gasteiger partial charge in [-0.1, -0.05) is 30.3 Å². The number of hydrogen-bond donors (Lipinski definition) is 1. The van der Waals surface area contributed by atoms with E-state index in [9.17, 15) is 4.79 Å². The van der Waals surface area contributed by atoms with Gasteiger partial charge in [-0.05, 0) is 25.0 Å². The van der Waals surface area contributed by atoms with Gasteiger partial charge in [-0.25, -0.2) is 4.98 Å². The van der Waals surface area contributed by atoms with Crippen molar-refractivity contribution >= 4 is 11.6 Å². The average molecular weight is 335 g/mol. The third kappa shape index (κ3) is 3.15. The molecular formula is C20H21N3O2. The second-order valence-corrected chi connectivity index (χ2v) is 6.55. The Labute approximate surface area is 146 Å². The Hall–Kier alpha value is -2.66. The van der Waals surface area contributed by atoms with Crippen molar-refractivity contribution in [2.24, 2.45) is 5.92 Å². The van der Waals surface area contributed by atoms with Crippen molar-refractivity contribution in [3.05, 3.63) is 60.4 Å². The number of nitrogens with zero attached hydrogens (tertiary/aromatic N) is 2. The molecule has 0 spiro atoms. The van der Waals surface area contributed by atoms with Gasteiger partial charge < -0.3 is 14.5 Å². The fourth-order valence-electron chi connectivity index (χ4n) is 3.30. The van der Waals surface area contributed by atoms with Crippen LogP contribution in [0.3, 0.4) is 0 Å². The molecule has 2 heterocycles. The van der Waals surface area contributed by atoms with Gasteiger partial charge in [0.25, 0.3) is 5.91 Å². The zero-order valence-electron chi connectivity index (χ0n) is 14.2.